The van der Waals surface area contributed by atoms with Crippen LogP contribution in [0.15, 0.2) is 66.7 Å². The molecule has 1 saturated heterocycles. The number of amides is 3. The van der Waals surface area contributed by atoms with E-state index in [-0.39, 0.29) is 22.2 Å². The van der Waals surface area contributed by atoms with Crippen LogP contribution >= 0.6 is 11.6 Å². The van der Waals surface area contributed by atoms with Gasteiger partial charge in [0.05, 0.1) is 34.8 Å². The van der Waals surface area contributed by atoms with Crippen LogP contribution in [-0.2, 0) is 20.6 Å². The molecule has 1 N–H and O–H groups in total. The van der Waals surface area contributed by atoms with Crippen LogP contribution in [-0.4, -0.2) is 46.4 Å². The molecule has 7 nitrogen and oxygen atoms in total. The van der Waals surface area contributed by atoms with E-state index in [1.165, 1.54) is 41.3 Å². The van der Waals surface area contributed by atoms with Crippen molar-refractivity contribution in [3.05, 3.63) is 83.0 Å². The van der Waals surface area contributed by atoms with Crippen molar-refractivity contribution in [2.24, 2.45) is 5.92 Å². The van der Waals surface area contributed by atoms with Gasteiger partial charge in [0.2, 0.25) is 17.7 Å². The summed E-state index contributed by atoms with van der Waals surface area (Å²) in [6, 6.07) is 13.6. The number of alkyl halides is 6. The molecule has 0 bridgehead atoms. The minimum Gasteiger partial charge on any atom is -0.322 e. The number of hydrogen-bond donors (Lipinski definition) is 1. The van der Waals surface area contributed by atoms with E-state index in [9.17, 15) is 40.7 Å². The lowest BCUT2D eigenvalue weighted by Crippen LogP contribution is -2.51. The molecule has 0 aliphatic carbocycles. The molecule has 42 heavy (non-hydrogen) atoms. The Morgan fingerprint density at radius 1 is 0.881 bits per heavy atom. The Balaban J connectivity index is 1.59. The molecule has 5 rings (SSSR count). The number of carbonyl (C=O) groups is 3. The fourth-order valence-electron chi connectivity index (χ4n) is 5.27. The van der Waals surface area contributed by atoms with Gasteiger partial charge in [0.15, 0.2) is 0 Å². The van der Waals surface area contributed by atoms with Crippen molar-refractivity contribution in [3.8, 4) is 0 Å². The minimum absolute atomic E-state index is 0.00166. The van der Waals surface area contributed by atoms with Crippen LogP contribution in [0.1, 0.15) is 30.0 Å². The van der Waals surface area contributed by atoms with Crippen molar-refractivity contribution in [2.45, 2.75) is 37.2 Å². The zero-order chi connectivity index (χ0) is 30.4. The van der Waals surface area contributed by atoms with Gasteiger partial charge in [-0.05, 0) is 36.2 Å². The highest BCUT2D eigenvalue weighted by atomic mass is 35.5. The molecule has 220 valence electrons. The van der Waals surface area contributed by atoms with Crippen LogP contribution in [0.25, 0.3) is 0 Å². The topological polar surface area (TPSA) is 82.6 Å². The average Bonchev–Trinajstić information content (AvgIpc) is 3.07. The second kappa shape index (κ2) is 10.9. The van der Waals surface area contributed by atoms with E-state index in [2.05, 4.69) is 10.3 Å². The maximum absolute atomic E-state index is 13.8. The summed E-state index contributed by atoms with van der Waals surface area (Å²) in [4.78, 5) is 46.6. The number of rotatable bonds is 5. The lowest BCUT2D eigenvalue weighted by Gasteiger charge is -2.30. The van der Waals surface area contributed by atoms with E-state index in [1.807, 2.05) is 0 Å². The van der Waals surface area contributed by atoms with Crippen LogP contribution in [0.5, 0.6) is 0 Å². The SMILES string of the molecule is O=C1Nc2c(Cl)cccc2N(c2cccc(C(F)(F)F)n2)C[C@@H]1N1C(=O)[C@H](CCC(F)(F)F)[C@H](c2ccccc2)C1=O. The summed E-state index contributed by atoms with van der Waals surface area (Å²) in [5, 5.41) is 2.56. The third-order valence-electron chi connectivity index (χ3n) is 7.16. The first-order valence-corrected chi connectivity index (χ1v) is 13.0. The second-order valence-electron chi connectivity index (χ2n) is 9.82. The smallest absolute Gasteiger partial charge is 0.322 e. The lowest BCUT2D eigenvalue weighted by atomic mass is 9.85. The lowest BCUT2D eigenvalue weighted by molar-refractivity contribution is -0.147. The number of imide groups is 1. The van der Waals surface area contributed by atoms with Crippen molar-refractivity contribution in [1.82, 2.24) is 9.88 Å². The molecule has 1 fully saturated rings. The maximum Gasteiger partial charge on any atom is 0.433 e. The fraction of sp³-hybridized carbons (Fsp3) is 0.286. The number of likely N-dealkylation sites (tertiary alicyclic amines) is 1. The summed E-state index contributed by atoms with van der Waals surface area (Å²) in [5.41, 5.74) is -0.800. The number of aromatic nitrogens is 1. The number of nitrogens with one attached hydrogen (secondary N) is 1. The Morgan fingerprint density at radius 2 is 1.57 bits per heavy atom. The van der Waals surface area contributed by atoms with Gasteiger partial charge in [-0.15, -0.1) is 0 Å². The van der Waals surface area contributed by atoms with Crippen LogP contribution in [0.4, 0.5) is 43.5 Å². The Morgan fingerprint density at radius 3 is 2.24 bits per heavy atom. The molecule has 2 aromatic carbocycles. The monoisotopic (exact) mass is 610 g/mol. The number of carbonyl (C=O) groups excluding carboxylic acids is 3. The quantitative estimate of drug-likeness (QED) is 0.270. The Bertz CT molecular complexity index is 1530. The van der Waals surface area contributed by atoms with Gasteiger partial charge in [-0.25, -0.2) is 4.98 Å². The van der Waals surface area contributed by atoms with Gasteiger partial charge in [-0.2, -0.15) is 26.3 Å². The summed E-state index contributed by atoms with van der Waals surface area (Å²) >= 11 is 6.32. The summed E-state index contributed by atoms with van der Waals surface area (Å²) in [5.74, 6) is -5.78. The van der Waals surface area contributed by atoms with E-state index in [0.29, 0.717) is 10.5 Å². The molecule has 0 saturated carbocycles. The van der Waals surface area contributed by atoms with E-state index in [0.717, 1.165) is 12.1 Å². The summed E-state index contributed by atoms with van der Waals surface area (Å²) in [6.07, 6.45) is -11.5. The van der Waals surface area contributed by atoms with Gasteiger partial charge in [0.1, 0.15) is 17.6 Å². The molecule has 0 spiro atoms. The third kappa shape index (κ3) is 5.65. The zero-order valence-electron chi connectivity index (χ0n) is 21.4. The van der Waals surface area contributed by atoms with E-state index >= 15 is 0 Å². The molecular formula is C28H21ClF6N4O3. The molecule has 3 aromatic rings. The number of hydrogen-bond acceptors (Lipinski definition) is 5. The van der Waals surface area contributed by atoms with Crippen LogP contribution in [0, 0.1) is 5.92 Å². The highest BCUT2D eigenvalue weighted by Gasteiger charge is 2.53. The number of pyridine rings is 1. The minimum atomic E-state index is -4.80. The van der Waals surface area contributed by atoms with Crippen molar-refractivity contribution in [1.29, 1.82) is 0 Å². The number of nitrogens with zero attached hydrogens (tertiary/aromatic N) is 3. The third-order valence-corrected chi connectivity index (χ3v) is 7.47. The number of anilines is 3. The summed E-state index contributed by atoms with van der Waals surface area (Å²) in [7, 11) is 0. The molecule has 1 aromatic heterocycles. The Kier molecular flexibility index (Phi) is 7.64. The highest BCUT2D eigenvalue weighted by Crippen LogP contribution is 2.44. The van der Waals surface area contributed by atoms with Gasteiger partial charge >= 0.3 is 12.4 Å². The van der Waals surface area contributed by atoms with E-state index < -0.39 is 73.0 Å². The predicted octanol–water partition coefficient (Wildman–Crippen LogP) is 6.32. The average molecular weight is 611 g/mol. The van der Waals surface area contributed by atoms with Gasteiger partial charge in [0.25, 0.3) is 0 Å². The first-order valence-electron chi connectivity index (χ1n) is 12.7. The first-order chi connectivity index (χ1) is 19.8. The predicted molar refractivity (Wildman–Crippen MR) is 140 cm³/mol. The first kappa shape index (κ1) is 29.4. The molecule has 14 heteroatoms. The van der Waals surface area contributed by atoms with Crippen LogP contribution in [0.3, 0.4) is 0 Å². The van der Waals surface area contributed by atoms with Crippen LogP contribution < -0.4 is 10.2 Å². The largest absolute Gasteiger partial charge is 0.433 e. The molecular weight excluding hydrogens is 590 g/mol. The number of benzene rings is 2. The van der Waals surface area contributed by atoms with Gasteiger partial charge in [-0.3, -0.25) is 19.3 Å². The fourth-order valence-corrected chi connectivity index (χ4v) is 5.49. The van der Waals surface area contributed by atoms with Crippen molar-refractivity contribution < 1.29 is 40.7 Å². The molecule has 3 heterocycles. The molecule has 2 aliphatic heterocycles. The normalized spacial score (nSPS) is 21.3. The number of halogens is 7. The van der Waals surface area contributed by atoms with Crippen molar-refractivity contribution >= 4 is 46.5 Å². The second-order valence-corrected chi connectivity index (χ2v) is 10.2. The number of fused-ring (bicyclic) bond motifs is 1. The summed E-state index contributed by atoms with van der Waals surface area (Å²) < 4.78 is 80.1. The molecule has 2 aliphatic rings. The standard InChI is InChI=1S/C28H21ClF6N4O3/c29-17-8-4-9-18-23(17)37-24(40)19(14-38(18)21-11-5-10-20(36-21)28(33,34)35)39-25(41)16(12-13-27(30,31)32)22(26(39)42)15-6-2-1-3-7-15/h1-11,16,19,22H,12-14H2,(H,37,40)/t16-,19+,22+/m1/s1. The summed E-state index contributed by atoms with van der Waals surface area (Å²) in [6.45, 7) is -0.543. The maximum atomic E-state index is 13.8. The van der Waals surface area contributed by atoms with Crippen LogP contribution in [0.2, 0.25) is 5.02 Å². The van der Waals surface area contributed by atoms with Crippen molar-refractivity contribution in [3.63, 3.8) is 0 Å². The molecule has 3 amide bonds. The van der Waals surface area contributed by atoms with Gasteiger partial charge < -0.3 is 10.2 Å². The Labute approximate surface area is 240 Å². The number of para-hydroxylation sites is 1. The van der Waals surface area contributed by atoms with E-state index in [4.69, 9.17) is 11.6 Å². The van der Waals surface area contributed by atoms with Crippen molar-refractivity contribution in [2.75, 3.05) is 16.8 Å². The van der Waals surface area contributed by atoms with Gasteiger partial charge in [-0.1, -0.05) is 54.1 Å². The zero-order valence-corrected chi connectivity index (χ0v) is 22.2. The molecule has 0 unspecified atom stereocenters. The molecule has 3 atom stereocenters. The van der Waals surface area contributed by atoms with Gasteiger partial charge in [0, 0.05) is 6.42 Å². The Hall–Kier alpha value is -4.13. The van der Waals surface area contributed by atoms with E-state index in [1.54, 1.807) is 18.2 Å². The molecule has 0 radical (unpaired) electrons. The highest BCUT2D eigenvalue weighted by molar-refractivity contribution is 6.34.